The predicted octanol–water partition coefficient (Wildman–Crippen LogP) is 5.77. The van der Waals surface area contributed by atoms with Crippen LogP contribution in [0.3, 0.4) is 0 Å². The minimum Gasteiger partial charge on any atom is -0.491 e. The summed E-state index contributed by atoms with van der Waals surface area (Å²) in [6.45, 7) is 4.51. The van der Waals surface area contributed by atoms with Crippen LogP contribution < -0.4 is 19.1 Å². The summed E-state index contributed by atoms with van der Waals surface area (Å²) in [6, 6.07) is 11.3. The van der Waals surface area contributed by atoms with Crippen molar-refractivity contribution in [2.24, 2.45) is 29.2 Å². The van der Waals surface area contributed by atoms with Gasteiger partial charge in [-0.15, -0.1) is 9.46 Å². The maximum Gasteiger partial charge on any atom is 0.286 e. The molecule has 278 valence electrons. The Kier molecular flexibility index (Phi) is 10.9. The number of benzene rings is 2. The highest BCUT2D eigenvalue weighted by Crippen LogP contribution is 2.41. The van der Waals surface area contributed by atoms with E-state index in [4.69, 9.17) is 30.5 Å². The number of aromatic nitrogens is 2. The number of nitrogens with zero attached hydrogens (tertiary/aromatic N) is 4. The Morgan fingerprint density at radius 2 is 1.90 bits per heavy atom. The molecule has 2 bridgehead atoms. The fourth-order valence-electron chi connectivity index (χ4n) is 7.59. The molecule has 4 aliphatic rings. The molecule has 2 fully saturated rings. The van der Waals surface area contributed by atoms with E-state index < -0.39 is 39.9 Å². The molecule has 52 heavy (non-hydrogen) atoms. The molecule has 3 aliphatic heterocycles. The molecule has 1 aliphatic carbocycles. The van der Waals surface area contributed by atoms with Gasteiger partial charge in [-0.05, 0) is 91.3 Å². The number of ether oxygens (including phenoxy) is 4. The third kappa shape index (κ3) is 8.02. The van der Waals surface area contributed by atoms with Gasteiger partial charge in [0.15, 0.2) is 0 Å². The zero-order chi connectivity index (χ0) is 36.4. The molecule has 14 heteroatoms. The third-order valence-electron chi connectivity index (χ3n) is 10.4. The first-order chi connectivity index (χ1) is 25.1. The number of rotatable bonds is 3. The minimum atomic E-state index is -3.73. The van der Waals surface area contributed by atoms with Crippen molar-refractivity contribution >= 4 is 39.0 Å². The monoisotopic (exact) mass is 751 g/mol. The van der Waals surface area contributed by atoms with E-state index in [0.29, 0.717) is 49.0 Å². The third-order valence-corrected chi connectivity index (χ3v) is 12.6. The summed E-state index contributed by atoms with van der Waals surface area (Å²) in [5.41, 5.74) is 3.44. The van der Waals surface area contributed by atoms with E-state index in [9.17, 15) is 13.8 Å². The van der Waals surface area contributed by atoms with Crippen molar-refractivity contribution < 1.29 is 32.7 Å². The summed E-state index contributed by atoms with van der Waals surface area (Å²) in [5, 5.41) is 4.86. The average molecular weight is 752 g/mol. The fourth-order valence-corrected chi connectivity index (χ4v) is 9.66. The summed E-state index contributed by atoms with van der Waals surface area (Å²) in [4.78, 5) is 30.1. The van der Waals surface area contributed by atoms with Crippen LogP contribution in [0.4, 0.5) is 5.69 Å². The zero-order valence-corrected chi connectivity index (χ0v) is 31.4. The summed E-state index contributed by atoms with van der Waals surface area (Å²) < 4.78 is 47.2. The maximum atomic E-state index is 14.8. The zero-order valence-electron chi connectivity index (χ0n) is 29.8. The molecule has 3 aromatic rings. The lowest BCUT2D eigenvalue weighted by molar-refractivity contribution is -0.136. The molecule has 1 unspecified atom stereocenters. The molecule has 6 atom stereocenters. The first-order valence-electron chi connectivity index (χ1n) is 18.0. The van der Waals surface area contributed by atoms with Crippen LogP contribution in [0.15, 0.2) is 59.1 Å². The SMILES string of the molecule is COc1nn(C)cc1C(=O)NS1(=O)=NC(=O)c2ccc3c(c2)N(Cc2ccc(Cl)cc2CCCCO3)C[C@@H]2CC[C@H]2/C=C/[C@H]2OCCO[C@@H]2[C@H](C)C1. The van der Waals surface area contributed by atoms with Gasteiger partial charge in [0.1, 0.15) is 27.3 Å². The number of methoxy groups -OCH3 is 1. The summed E-state index contributed by atoms with van der Waals surface area (Å²) in [7, 11) is -0.684. The van der Waals surface area contributed by atoms with Gasteiger partial charge in [-0.25, -0.2) is 4.21 Å². The number of aryl methyl sites for hydroxylation is 2. The lowest BCUT2D eigenvalue weighted by Gasteiger charge is -2.40. The molecule has 1 saturated carbocycles. The Labute approximate surface area is 310 Å². The van der Waals surface area contributed by atoms with Crippen molar-refractivity contribution in [1.29, 1.82) is 0 Å². The Hall–Kier alpha value is -3.91. The summed E-state index contributed by atoms with van der Waals surface area (Å²) >= 11 is 6.47. The number of halogens is 1. The number of hydrogen-bond donors (Lipinski definition) is 1. The highest BCUT2D eigenvalue weighted by Gasteiger charge is 2.36. The summed E-state index contributed by atoms with van der Waals surface area (Å²) in [5.74, 6) is -0.593. The normalized spacial score (nSPS) is 28.7. The minimum absolute atomic E-state index is 0.0622. The molecule has 0 spiro atoms. The van der Waals surface area contributed by atoms with E-state index >= 15 is 0 Å². The van der Waals surface area contributed by atoms with Gasteiger partial charge in [0.25, 0.3) is 11.8 Å². The number of carbonyl (C=O) groups excluding carboxylic acids is 2. The highest BCUT2D eigenvalue weighted by molar-refractivity contribution is 7.92. The molecule has 1 N–H and O–H groups in total. The van der Waals surface area contributed by atoms with E-state index in [1.54, 1.807) is 25.2 Å². The van der Waals surface area contributed by atoms with E-state index in [1.807, 2.05) is 13.0 Å². The number of fused-ring (bicyclic) bond motifs is 4. The van der Waals surface area contributed by atoms with Crippen molar-refractivity contribution in [1.82, 2.24) is 14.5 Å². The Morgan fingerprint density at radius 3 is 2.71 bits per heavy atom. The van der Waals surface area contributed by atoms with Crippen LogP contribution in [-0.2, 0) is 39.4 Å². The second-order valence-corrected chi connectivity index (χ2v) is 16.6. The Bertz CT molecular complexity index is 1970. The van der Waals surface area contributed by atoms with Gasteiger partial charge in [0.05, 0.1) is 44.5 Å². The molecule has 1 saturated heterocycles. The van der Waals surface area contributed by atoms with Crippen LogP contribution in [0.25, 0.3) is 0 Å². The Morgan fingerprint density at radius 1 is 1.06 bits per heavy atom. The van der Waals surface area contributed by atoms with Crippen molar-refractivity contribution in [2.75, 3.05) is 44.1 Å². The smallest absolute Gasteiger partial charge is 0.286 e. The molecule has 2 aromatic carbocycles. The number of hydrogen-bond acceptors (Lipinski definition) is 9. The van der Waals surface area contributed by atoms with Gasteiger partial charge in [-0.2, -0.15) is 0 Å². The number of nitrogens with one attached hydrogen (secondary N) is 1. The fraction of sp³-hybridized carbons (Fsp3) is 0.500. The van der Waals surface area contributed by atoms with Gasteiger partial charge in [0.2, 0.25) is 5.88 Å². The van der Waals surface area contributed by atoms with Crippen molar-refractivity contribution in [2.45, 2.75) is 57.8 Å². The van der Waals surface area contributed by atoms with Crippen LogP contribution in [0, 0.1) is 17.8 Å². The van der Waals surface area contributed by atoms with Crippen LogP contribution in [0.2, 0.25) is 5.02 Å². The lowest BCUT2D eigenvalue weighted by atomic mass is 9.73. The number of allylic oxidation sites excluding steroid dienone is 1. The lowest BCUT2D eigenvalue weighted by Crippen LogP contribution is -2.45. The van der Waals surface area contributed by atoms with Crippen molar-refractivity contribution in [3.05, 3.63) is 82.0 Å². The quantitative estimate of drug-likeness (QED) is 0.331. The van der Waals surface area contributed by atoms with Gasteiger partial charge in [-0.1, -0.05) is 36.7 Å². The van der Waals surface area contributed by atoms with E-state index in [-0.39, 0.29) is 22.8 Å². The maximum absolute atomic E-state index is 14.8. The standard InChI is InChI=1S/C38H46ClN5O7S/c1-24-23-52(47,42-37(46)31-22-43(2)40-38(31)48-3)41-36(45)27-11-13-33-32(19-27)44(21-29-9-12-30(39)18-26(29)6-4-5-15-49-33)20-28-8-7-25(28)10-14-34-35(24)51-17-16-50-34/h9-14,18-19,22,24-25,28,34-35H,4-8,15-17,20-21,23H2,1-3H3,(H,41,42,45,46,47)/b14-10+/t24-,25+,28+,34-,35-,52?/m1/s1. The van der Waals surface area contributed by atoms with Crippen LogP contribution in [-0.4, -0.2) is 77.2 Å². The molecular formula is C38H46ClN5O7S. The number of amides is 2. The van der Waals surface area contributed by atoms with E-state index in [2.05, 4.69) is 43.4 Å². The first kappa shape index (κ1) is 36.4. The van der Waals surface area contributed by atoms with Crippen LogP contribution >= 0.6 is 11.6 Å². The molecule has 0 radical (unpaired) electrons. The second-order valence-electron chi connectivity index (χ2n) is 14.2. The molecule has 4 heterocycles. The number of anilines is 1. The van der Waals surface area contributed by atoms with Gasteiger partial charge >= 0.3 is 0 Å². The molecular weight excluding hydrogens is 706 g/mol. The van der Waals surface area contributed by atoms with Crippen LogP contribution in [0.5, 0.6) is 11.6 Å². The second kappa shape index (κ2) is 15.6. The summed E-state index contributed by atoms with van der Waals surface area (Å²) in [6.07, 6.45) is 9.72. The average Bonchev–Trinajstić information content (AvgIpc) is 3.49. The first-order valence-corrected chi connectivity index (χ1v) is 20.0. The molecule has 7 rings (SSSR count). The molecule has 12 nitrogen and oxygen atoms in total. The largest absolute Gasteiger partial charge is 0.491 e. The van der Waals surface area contributed by atoms with Crippen LogP contribution in [0.1, 0.15) is 64.4 Å². The highest BCUT2D eigenvalue weighted by atomic mass is 35.5. The predicted molar refractivity (Wildman–Crippen MR) is 198 cm³/mol. The van der Waals surface area contributed by atoms with Crippen molar-refractivity contribution in [3.8, 4) is 11.6 Å². The Balaban J connectivity index is 1.34. The van der Waals surface area contributed by atoms with Gasteiger partial charge < -0.3 is 23.8 Å². The van der Waals surface area contributed by atoms with E-state index in [0.717, 1.165) is 44.3 Å². The van der Waals surface area contributed by atoms with Gasteiger partial charge in [0, 0.05) is 36.9 Å². The van der Waals surface area contributed by atoms with Crippen molar-refractivity contribution in [3.63, 3.8) is 0 Å². The molecule has 2 amide bonds. The van der Waals surface area contributed by atoms with E-state index in [1.165, 1.54) is 29.1 Å². The number of carbonyl (C=O) groups is 2. The van der Waals surface area contributed by atoms with Gasteiger partial charge in [-0.3, -0.25) is 19.0 Å². The topological polar surface area (TPSA) is 134 Å². The molecule has 1 aromatic heterocycles.